The third kappa shape index (κ3) is 3.90. The molecule has 0 aromatic heterocycles. The molecular formula is C11H11ClO4. The summed E-state index contributed by atoms with van der Waals surface area (Å²) in [6.45, 7) is 1.83. The van der Waals surface area contributed by atoms with Crippen LogP contribution in [0.1, 0.15) is 17.3 Å². The van der Waals surface area contributed by atoms with Gasteiger partial charge in [-0.05, 0) is 36.7 Å². The zero-order chi connectivity index (χ0) is 12.0. The van der Waals surface area contributed by atoms with E-state index in [0.717, 1.165) is 0 Å². The summed E-state index contributed by atoms with van der Waals surface area (Å²) < 4.78 is 9.81. The van der Waals surface area contributed by atoms with Crippen LogP contribution in [0.15, 0.2) is 24.3 Å². The van der Waals surface area contributed by atoms with Gasteiger partial charge in [0.05, 0.1) is 6.61 Å². The smallest absolute Gasteiger partial charge is 0.344 e. The predicted octanol–water partition coefficient (Wildman–Crippen LogP) is 2.01. The van der Waals surface area contributed by atoms with Crippen molar-refractivity contribution >= 4 is 22.8 Å². The minimum absolute atomic E-state index is 0.187. The molecule has 5 heteroatoms. The van der Waals surface area contributed by atoms with Crippen LogP contribution < -0.4 is 4.74 Å². The Bertz CT molecular complexity index is 389. The van der Waals surface area contributed by atoms with Gasteiger partial charge in [0, 0.05) is 5.56 Å². The Kier molecular flexibility index (Phi) is 4.79. The Morgan fingerprint density at radius 1 is 1.38 bits per heavy atom. The maximum absolute atomic E-state index is 11.0. The van der Waals surface area contributed by atoms with E-state index in [1.54, 1.807) is 25.1 Å². The summed E-state index contributed by atoms with van der Waals surface area (Å²) in [7, 11) is 0. The third-order valence-electron chi connectivity index (χ3n) is 1.72. The molecule has 0 bridgehead atoms. The van der Waals surface area contributed by atoms with Crippen molar-refractivity contribution in [2.75, 3.05) is 13.2 Å². The lowest BCUT2D eigenvalue weighted by molar-refractivity contribution is -0.145. The fraction of sp³-hybridized carbons (Fsp3) is 0.273. The van der Waals surface area contributed by atoms with Crippen molar-refractivity contribution in [2.24, 2.45) is 0 Å². The van der Waals surface area contributed by atoms with Crippen molar-refractivity contribution in [3.8, 4) is 5.75 Å². The van der Waals surface area contributed by atoms with E-state index in [0.29, 0.717) is 17.9 Å². The third-order valence-corrected chi connectivity index (χ3v) is 1.94. The van der Waals surface area contributed by atoms with Crippen LogP contribution in [0.3, 0.4) is 0 Å². The van der Waals surface area contributed by atoms with Crippen molar-refractivity contribution in [1.82, 2.24) is 0 Å². The van der Waals surface area contributed by atoms with E-state index in [-0.39, 0.29) is 6.61 Å². The van der Waals surface area contributed by atoms with Gasteiger partial charge in [-0.15, -0.1) is 0 Å². The first-order chi connectivity index (χ1) is 7.63. The van der Waals surface area contributed by atoms with Gasteiger partial charge in [0.1, 0.15) is 5.75 Å². The van der Waals surface area contributed by atoms with E-state index in [2.05, 4.69) is 4.74 Å². The second kappa shape index (κ2) is 6.12. The molecule has 1 aromatic rings. The van der Waals surface area contributed by atoms with Crippen molar-refractivity contribution in [1.29, 1.82) is 0 Å². The molecule has 86 valence electrons. The lowest BCUT2D eigenvalue weighted by Gasteiger charge is -2.05. The van der Waals surface area contributed by atoms with Gasteiger partial charge in [-0.25, -0.2) is 4.79 Å². The SMILES string of the molecule is CCOC(=O)COc1cccc(C(=O)Cl)c1. The first-order valence-electron chi connectivity index (χ1n) is 4.71. The molecular weight excluding hydrogens is 232 g/mol. The highest BCUT2D eigenvalue weighted by Gasteiger charge is 2.05. The number of halogens is 1. The molecule has 1 rings (SSSR count). The molecule has 1 aromatic carbocycles. The summed E-state index contributed by atoms with van der Waals surface area (Å²) >= 11 is 5.30. The molecule has 0 aliphatic carbocycles. The van der Waals surface area contributed by atoms with Gasteiger partial charge < -0.3 is 9.47 Å². The molecule has 0 radical (unpaired) electrons. The average molecular weight is 243 g/mol. The highest BCUT2D eigenvalue weighted by Crippen LogP contribution is 2.14. The van der Waals surface area contributed by atoms with Crippen LogP contribution in [-0.2, 0) is 9.53 Å². The maximum atomic E-state index is 11.0. The molecule has 0 atom stereocenters. The summed E-state index contributed by atoms with van der Waals surface area (Å²) in [5.41, 5.74) is 0.322. The summed E-state index contributed by atoms with van der Waals surface area (Å²) in [6, 6.07) is 6.28. The second-order valence-electron chi connectivity index (χ2n) is 2.90. The van der Waals surface area contributed by atoms with Crippen LogP contribution in [0.4, 0.5) is 0 Å². The summed E-state index contributed by atoms with van der Waals surface area (Å²) in [6.07, 6.45) is 0. The van der Waals surface area contributed by atoms with Crippen molar-refractivity contribution in [3.05, 3.63) is 29.8 Å². The predicted molar refractivity (Wildman–Crippen MR) is 58.8 cm³/mol. The molecule has 0 aliphatic heterocycles. The number of rotatable bonds is 5. The number of benzene rings is 1. The number of esters is 1. The van der Waals surface area contributed by atoms with Crippen LogP contribution in [0, 0.1) is 0 Å². The summed E-state index contributed by atoms with van der Waals surface area (Å²) in [5, 5.41) is -0.568. The zero-order valence-electron chi connectivity index (χ0n) is 8.73. The highest BCUT2D eigenvalue weighted by molar-refractivity contribution is 6.67. The van der Waals surface area contributed by atoms with Gasteiger partial charge >= 0.3 is 5.97 Å². The van der Waals surface area contributed by atoms with E-state index in [9.17, 15) is 9.59 Å². The highest BCUT2D eigenvalue weighted by atomic mass is 35.5. The van der Waals surface area contributed by atoms with Crippen molar-refractivity contribution < 1.29 is 19.1 Å². The van der Waals surface area contributed by atoms with Crippen molar-refractivity contribution in [3.63, 3.8) is 0 Å². The van der Waals surface area contributed by atoms with Crippen LogP contribution in [-0.4, -0.2) is 24.4 Å². The quantitative estimate of drug-likeness (QED) is 0.585. The number of hydrogen-bond donors (Lipinski definition) is 0. The van der Waals surface area contributed by atoms with Gasteiger partial charge in [0.2, 0.25) is 0 Å². The molecule has 4 nitrogen and oxygen atoms in total. The van der Waals surface area contributed by atoms with Crippen molar-refractivity contribution in [2.45, 2.75) is 6.92 Å². The van der Waals surface area contributed by atoms with E-state index in [1.165, 1.54) is 6.07 Å². The topological polar surface area (TPSA) is 52.6 Å². The normalized spacial score (nSPS) is 9.62. The van der Waals surface area contributed by atoms with Gasteiger partial charge in [-0.3, -0.25) is 4.79 Å². The van der Waals surface area contributed by atoms with Gasteiger partial charge in [0.15, 0.2) is 6.61 Å². The minimum atomic E-state index is -0.568. The first kappa shape index (κ1) is 12.5. The van der Waals surface area contributed by atoms with E-state index in [1.807, 2.05) is 0 Å². The molecule has 0 heterocycles. The Hall–Kier alpha value is -1.55. The Labute approximate surface area is 98.1 Å². The Balaban J connectivity index is 2.57. The standard InChI is InChI=1S/C11H11ClO4/c1-2-15-10(13)7-16-9-5-3-4-8(6-9)11(12)14/h3-6H,2,7H2,1H3. The Morgan fingerprint density at radius 2 is 2.12 bits per heavy atom. The fourth-order valence-electron chi connectivity index (χ4n) is 1.05. The number of hydrogen-bond acceptors (Lipinski definition) is 4. The number of carbonyl (C=O) groups excluding carboxylic acids is 2. The van der Waals surface area contributed by atoms with Gasteiger partial charge in [-0.2, -0.15) is 0 Å². The zero-order valence-corrected chi connectivity index (χ0v) is 9.49. The van der Waals surface area contributed by atoms with Gasteiger partial charge in [0.25, 0.3) is 5.24 Å². The van der Waals surface area contributed by atoms with Crippen LogP contribution in [0.5, 0.6) is 5.75 Å². The van der Waals surface area contributed by atoms with E-state index >= 15 is 0 Å². The molecule has 0 saturated carbocycles. The molecule has 0 saturated heterocycles. The van der Waals surface area contributed by atoms with Crippen LogP contribution >= 0.6 is 11.6 Å². The molecule has 0 aliphatic rings. The molecule has 0 N–H and O–H groups in total. The first-order valence-corrected chi connectivity index (χ1v) is 5.09. The van der Waals surface area contributed by atoms with E-state index < -0.39 is 11.2 Å². The molecule has 16 heavy (non-hydrogen) atoms. The fourth-order valence-corrected chi connectivity index (χ4v) is 1.17. The second-order valence-corrected chi connectivity index (χ2v) is 3.24. The summed E-state index contributed by atoms with van der Waals surface area (Å²) in [4.78, 5) is 21.9. The van der Waals surface area contributed by atoms with Crippen LogP contribution in [0.2, 0.25) is 0 Å². The molecule has 0 unspecified atom stereocenters. The van der Waals surface area contributed by atoms with Crippen LogP contribution in [0.25, 0.3) is 0 Å². The maximum Gasteiger partial charge on any atom is 0.344 e. The number of ether oxygens (including phenoxy) is 2. The molecule has 0 fully saturated rings. The monoisotopic (exact) mass is 242 g/mol. The summed E-state index contributed by atoms with van der Waals surface area (Å²) in [5.74, 6) is -0.0512. The average Bonchev–Trinajstić information content (AvgIpc) is 2.27. The molecule has 0 amide bonds. The van der Waals surface area contributed by atoms with Gasteiger partial charge in [-0.1, -0.05) is 6.07 Å². The largest absolute Gasteiger partial charge is 0.482 e. The minimum Gasteiger partial charge on any atom is -0.482 e. The lowest BCUT2D eigenvalue weighted by Crippen LogP contribution is -2.14. The Morgan fingerprint density at radius 3 is 2.75 bits per heavy atom. The van der Waals surface area contributed by atoms with E-state index in [4.69, 9.17) is 16.3 Å². The lowest BCUT2D eigenvalue weighted by atomic mass is 10.2. The number of carbonyl (C=O) groups is 2. The molecule has 0 spiro atoms.